The van der Waals surface area contributed by atoms with Crippen molar-refractivity contribution in [1.82, 2.24) is 5.32 Å². The van der Waals surface area contributed by atoms with E-state index in [4.69, 9.17) is 9.47 Å². The van der Waals surface area contributed by atoms with Crippen molar-refractivity contribution in [3.8, 4) is 5.75 Å². The molecule has 1 aromatic rings. The molecule has 4 fully saturated rings. The maximum atomic E-state index is 14.2. The number of benzene rings is 1. The molecule has 1 unspecified atom stereocenters. The van der Waals surface area contributed by atoms with Crippen LogP contribution in [-0.4, -0.2) is 42.1 Å². The zero-order valence-corrected chi connectivity index (χ0v) is 25.3. The molecule has 1 amide bonds. The van der Waals surface area contributed by atoms with Crippen LogP contribution in [0.15, 0.2) is 35.9 Å². The lowest BCUT2D eigenvalue weighted by molar-refractivity contribution is -0.188. The van der Waals surface area contributed by atoms with Gasteiger partial charge in [-0.05, 0) is 78.9 Å². The maximum Gasteiger partial charge on any atom is 0.328 e. The van der Waals surface area contributed by atoms with E-state index in [1.807, 2.05) is 6.92 Å². The lowest BCUT2D eigenvalue weighted by Crippen LogP contribution is -2.66. The molecule has 1 aliphatic heterocycles. The third-order valence-corrected chi connectivity index (χ3v) is 12.1. The summed E-state index contributed by atoms with van der Waals surface area (Å²) in [5, 5.41) is 12.7. The number of cyclic esters (lactones) is 2. The van der Waals surface area contributed by atoms with Gasteiger partial charge in [0.1, 0.15) is 11.8 Å². The molecule has 2 N–H and O–H groups in total. The average Bonchev–Trinajstić information content (AvgIpc) is 3.28. The van der Waals surface area contributed by atoms with Crippen LogP contribution < -0.4 is 5.32 Å². The van der Waals surface area contributed by atoms with Crippen LogP contribution >= 0.6 is 0 Å². The predicted octanol–water partition coefficient (Wildman–Crippen LogP) is 4.73. The normalized spacial score (nSPS) is 39.0. The summed E-state index contributed by atoms with van der Waals surface area (Å²) in [5.74, 6) is -1.57. The van der Waals surface area contributed by atoms with Crippen LogP contribution in [0, 0.1) is 51.8 Å². The minimum atomic E-state index is -0.853. The lowest BCUT2D eigenvalue weighted by atomic mass is 9.34. The molecule has 1 heterocycles. The van der Waals surface area contributed by atoms with Gasteiger partial charge in [0, 0.05) is 17.3 Å². The van der Waals surface area contributed by atoms with E-state index in [0.717, 1.165) is 44.1 Å². The summed E-state index contributed by atoms with van der Waals surface area (Å²) in [6.07, 6.45) is 7.50. The van der Waals surface area contributed by atoms with E-state index in [1.165, 1.54) is 12.7 Å². The largest absolute Gasteiger partial charge is 0.508 e. The molecule has 8 nitrogen and oxygen atoms in total. The third-order valence-electron chi connectivity index (χ3n) is 12.1. The Bertz CT molecular complexity index is 1350. The second kappa shape index (κ2) is 9.95. The first-order chi connectivity index (χ1) is 19.9. The molecule has 0 aromatic heterocycles. The van der Waals surface area contributed by atoms with Crippen LogP contribution in [-0.2, 0) is 35.1 Å². The van der Waals surface area contributed by atoms with Gasteiger partial charge in [0.2, 0.25) is 5.91 Å². The van der Waals surface area contributed by atoms with Gasteiger partial charge in [0.15, 0.2) is 0 Å². The maximum absolute atomic E-state index is 14.2. The molecule has 8 heteroatoms. The van der Waals surface area contributed by atoms with Crippen molar-refractivity contribution >= 4 is 23.8 Å². The highest BCUT2D eigenvalue weighted by Crippen LogP contribution is 2.74. The Labute approximate surface area is 247 Å². The summed E-state index contributed by atoms with van der Waals surface area (Å²) >= 11 is 0. The zero-order valence-electron chi connectivity index (χ0n) is 25.3. The van der Waals surface area contributed by atoms with E-state index in [-0.39, 0.29) is 59.1 Å². The number of hydrogen-bond donors (Lipinski definition) is 2. The van der Waals surface area contributed by atoms with Gasteiger partial charge in [0.25, 0.3) is 0 Å². The Morgan fingerprint density at radius 1 is 1.07 bits per heavy atom. The Hall–Kier alpha value is -3.16. The van der Waals surface area contributed by atoms with Crippen molar-refractivity contribution in [3.63, 3.8) is 0 Å². The van der Waals surface area contributed by atoms with Crippen LogP contribution in [0.4, 0.5) is 0 Å². The molecule has 2 bridgehead atoms. The molecule has 0 radical (unpaired) electrons. The van der Waals surface area contributed by atoms with Crippen molar-refractivity contribution in [2.24, 2.45) is 51.8 Å². The smallest absolute Gasteiger partial charge is 0.328 e. The highest BCUT2D eigenvalue weighted by atomic mass is 16.6. The summed E-state index contributed by atoms with van der Waals surface area (Å²) in [6.45, 7) is 8.69. The van der Waals surface area contributed by atoms with Crippen LogP contribution in [0.3, 0.4) is 0 Å². The minimum absolute atomic E-state index is 0.00702. The van der Waals surface area contributed by atoms with Gasteiger partial charge in [-0.3, -0.25) is 14.4 Å². The summed E-state index contributed by atoms with van der Waals surface area (Å²) in [6, 6.07) is 5.74. The van der Waals surface area contributed by atoms with Crippen LogP contribution in [0.1, 0.15) is 71.8 Å². The van der Waals surface area contributed by atoms with Gasteiger partial charge in [-0.25, -0.2) is 4.79 Å². The molecule has 6 aliphatic rings. The van der Waals surface area contributed by atoms with Crippen molar-refractivity contribution in [2.45, 2.75) is 78.7 Å². The summed E-state index contributed by atoms with van der Waals surface area (Å²) in [4.78, 5) is 53.2. The van der Waals surface area contributed by atoms with E-state index in [9.17, 15) is 24.3 Å². The molecule has 1 saturated heterocycles. The van der Waals surface area contributed by atoms with Crippen molar-refractivity contribution in [1.29, 1.82) is 0 Å². The SMILES string of the molecule is COC(=O)[C@H](Cc1ccc(O)cc1)NC(=O)C1(C)CCC[C@]2(C)[C@H]3C[C@H]4C(C(C)C)=C[C@]3(CC[C@@H]12)[C@@H]1C(=O)OC(=O)[C@@H]14. The van der Waals surface area contributed by atoms with Crippen molar-refractivity contribution in [3.05, 3.63) is 41.5 Å². The van der Waals surface area contributed by atoms with Gasteiger partial charge in [0.05, 0.1) is 18.9 Å². The van der Waals surface area contributed by atoms with E-state index in [2.05, 4.69) is 32.2 Å². The zero-order chi connectivity index (χ0) is 30.2. The summed E-state index contributed by atoms with van der Waals surface area (Å²) in [5.41, 5.74) is 0.736. The Morgan fingerprint density at radius 3 is 2.45 bits per heavy atom. The number of amides is 1. The number of allylic oxidation sites excluding steroid dienone is 2. The highest BCUT2D eigenvalue weighted by Gasteiger charge is 2.73. The number of carbonyl (C=O) groups is 4. The second-order valence-electron chi connectivity index (χ2n) is 14.3. The molecule has 1 aromatic carbocycles. The second-order valence-corrected chi connectivity index (χ2v) is 14.3. The number of methoxy groups -OCH3 is 1. The van der Waals surface area contributed by atoms with Gasteiger partial charge < -0.3 is 19.9 Å². The molecule has 1 spiro atoms. The number of ether oxygens (including phenoxy) is 2. The van der Waals surface area contributed by atoms with Crippen LogP contribution in [0.2, 0.25) is 0 Å². The number of rotatable bonds is 6. The molecule has 3 saturated carbocycles. The van der Waals surface area contributed by atoms with E-state index in [0.29, 0.717) is 0 Å². The predicted molar refractivity (Wildman–Crippen MR) is 154 cm³/mol. The molecule has 5 aliphatic carbocycles. The molecule has 42 heavy (non-hydrogen) atoms. The van der Waals surface area contributed by atoms with Gasteiger partial charge in [-0.15, -0.1) is 0 Å². The highest BCUT2D eigenvalue weighted by molar-refractivity contribution is 5.98. The quantitative estimate of drug-likeness (QED) is 0.285. The van der Waals surface area contributed by atoms with E-state index in [1.54, 1.807) is 24.3 Å². The number of nitrogens with one attached hydrogen (secondary N) is 1. The van der Waals surface area contributed by atoms with Gasteiger partial charge in [-0.1, -0.05) is 57.9 Å². The molecule has 9 atom stereocenters. The Kier molecular flexibility index (Phi) is 6.86. The first-order valence-corrected chi connectivity index (χ1v) is 15.5. The molecular formula is C34H43NO7. The van der Waals surface area contributed by atoms with Gasteiger partial charge >= 0.3 is 17.9 Å². The fourth-order valence-corrected chi connectivity index (χ4v) is 10.3. The Balaban J connectivity index is 1.32. The van der Waals surface area contributed by atoms with E-state index < -0.39 is 34.7 Å². The molecule has 226 valence electrons. The topological polar surface area (TPSA) is 119 Å². The van der Waals surface area contributed by atoms with Crippen LogP contribution in [0.5, 0.6) is 5.75 Å². The fraction of sp³-hybridized carbons (Fsp3) is 0.647. The number of phenols is 1. The Morgan fingerprint density at radius 2 is 1.79 bits per heavy atom. The fourth-order valence-electron chi connectivity index (χ4n) is 10.3. The third kappa shape index (κ3) is 4.07. The number of phenolic OH excluding ortho intramolecular Hbond substituents is 1. The van der Waals surface area contributed by atoms with Crippen molar-refractivity contribution < 1.29 is 33.8 Å². The number of hydrogen-bond acceptors (Lipinski definition) is 7. The minimum Gasteiger partial charge on any atom is -0.508 e. The summed E-state index contributed by atoms with van der Waals surface area (Å²) in [7, 11) is 1.32. The first-order valence-electron chi connectivity index (χ1n) is 15.5. The van der Waals surface area contributed by atoms with Crippen LogP contribution in [0.25, 0.3) is 0 Å². The first kappa shape index (κ1) is 28.9. The lowest BCUT2D eigenvalue weighted by Gasteiger charge is -2.68. The molecular weight excluding hydrogens is 534 g/mol. The number of fused-ring (bicyclic) bond motifs is 1. The number of esters is 3. The van der Waals surface area contributed by atoms with E-state index >= 15 is 0 Å². The number of aromatic hydroxyl groups is 1. The summed E-state index contributed by atoms with van der Waals surface area (Å²) < 4.78 is 10.4. The number of carbonyl (C=O) groups excluding carboxylic acids is 4. The van der Waals surface area contributed by atoms with Crippen molar-refractivity contribution in [2.75, 3.05) is 7.11 Å². The average molecular weight is 578 g/mol. The monoisotopic (exact) mass is 577 g/mol. The van der Waals surface area contributed by atoms with Gasteiger partial charge in [-0.2, -0.15) is 0 Å². The standard InChI is InChI=1S/C34H43NO7/c1-18(2)22-17-34-14-11-24-32(3,25(34)16-21(22)26-27(34)30(39)42-29(26)38)12-6-13-33(24,4)31(40)35-23(28(37)41-5)15-19-7-9-20(36)10-8-19/h7-10,17-18,21,23-27,36H,6,11-16H2,1-5H3,(H,35,40)/t21-,23-,24+,25+,26+,27-,32-,33?,34-/m0/s1. The molecule has 7 rings (SSSR count).